The number of rotatable bonds is 8. The molecule has 0 saturated carbocycles. The fourth-order valence-corrected chi connectivity index (χ4v) is 3.80. The van der Waals surface area contributed by atoms with Crippen LogP contribution in [0.5, 0.6) is 17.4 Å². The van der Waals surface area contributed by atoms with E-state index in [1.807, 2.05) is 43.5 Å². The van der Waals surface area contributed by atoms with Gasteiger partial charge in [-0.25, -0.2) is 19.9 Å². The maximum Gasteiger partial charge on any atom is 0.213 e. The summed E-state index contributed by atoms with van der Waals surface area (Å²) in [5.74, 6) is 2.53. The van der Waals surface area contributed by atoms with Crippen LogP contribution in [0.1, 0.15) is 6.92 Å². The number of fused-ring (bicyclic) bond motifs is 1. The molecule has 11 heteroatoms. The van der Waals surface area contributed by atoms with Gasteiger partial charge in [-0.05, 0) is 25.1 Å². The van der Waals surface area contributed by atoms with E-state index >= 15 is 0 Å². The average Bonchev–Trinajstić information content (AvgIpc) is 3.17. The second-order valence-electron chi connectivity index (χ2n) is 6.39. The van der Waals surface area contributed by atoms with Crippen LogP contribution in [0.15, 0.2) is 36.4 Å². The normalized spacial score (nSPS) is 10.9. The molecule has 4 aromatic rings. The zero-order chi connectivity index (χ0) is 22.7. The number of nitrogens with zero attached hydrogens (tertiary/aromatic N) is 5. The van der Waals surface area contributed by atoms with Crippen LogP contribution in [0.2, 0.25) is 5.15 Å². The van der Waals surface area contributed by atoms with Crippen molar-refractivity contribution >= 4 is 40.7 Å². The van der Waals surface area contributed by atoms with E-state index in [1.54, 1.807) is 24.9 Å². The third kappa shape index (κ3) is 3.98. The smallest absolute Gasteiger partial charge is 0.213 e. The highest BCUT2D eigenvalue weighted by Gasteiger charge is 2.24. The number of hydrogen-bond acceptors (Lipinski definition) is 9. The molecular formula is C21H21ClN6O3S. The highest BCUT2D eigenvalue weighted by molar-refractivity contribution is 7.99. The second-order valence-corrected chi connectivity index (χ2v) is 7.36. The molecule has 0 aliphatic heterocycles. The van der Waals surface area contributed by atoms with Crippen LogP contribution in [-0.2, 0) is 0 Å². The number of aromatic nitrogens is 5. The summed E-state index contributed by atoms with van der Waals surface area (Å²) in [5, 5.41) is 0.212. The Morgan fingerprint density at radius 1 is 1.00 bits per heavy atom. The van der Waals surface area contributed by atoms with Gasteiger partial charge in [-0.2, -0.15) is 0 Å². The third-order valence-corrected chi connectivity index (χ3v) is 5.18. The SMILES string of the molecule is CCOc1cccc(-c2nc3nc(NSC)c(Cl)nc3n2-c2c(OC)cccc2OC)n1. The Morgan fingerprint density at radius 2 is 1.72 bits per heavy atom. The molecule has 166 valence electrons. The molecule has 1 N–H and O–H groups in total. The number of pyridine rings is 1. The van der Waals surface area contributed by atoms with Crippen molar-refractivity contribution in [2.75, 3.05) is 31.8 Å². The fourth-order valence-electron chi connectivity index (χ4n) is 3.24. The van der Waals surface area contributed by atoms with Crippen LogP contribution >= 0.6 is 23.5 Å². The highest BCUT2D eigenvalue weighted by Crippen LogP contribution is 2.38. The first-order valence-electron chi connectivity index (χ1n) is 9.67. The van der Waals surface area contributed by atoms with E-state index in [1.165, 1.54) is 11.9 Å². The first-order chi connectivity index (χ1) is 15.6. The van der Waals surface area contributed by atoms with Crippen molar-refractivity contribution in [3.63, 3.8) is 0 Å². The van der Waals surface area contributed by atoms with Gasteiger partial charge in [0.1, 0.15) is 22.9 Å². The molecule has 0 radical (unpaired) electrons. The summed E-state index contributed by atoms with van der Waals surface area (Å²) in [7, 11) is 3.17. The zero-order valence-corrected chi connectivity index (χ0v) is 19.5. The fraction of sp³-hybridized carbons (Fsp3) is 0.238. The Kier molecular flexibility index (Phi) is 6.52. The lowest BCUT2D eigenvalue weighted by Gasteiger charge is -2.16. The van der Waals surface area contributed by atoms with Crippen molar-refractivity contribution in [3.8, 4) is 34.6 Å². The quantitative estimate of drug-likeness (QED) is 0.368. The monoisotopic (exact) mass is 472 g/mol. The largest absolute Gasteiger partial charge is 0.494 e. The Morgan fingerprint density at radius 3 is 2.38 bits per heavy atom. The second kappa shape index (κ2) is 9.49. The van der Waals surface area contributed by atoms with Crippen molar-refractivity contribution in [1.82, 2.24) is 24.5 Å². The number of hydrogen-bond donors (Lipinski definition) is 1. The van der Waals surface area contributed by atoms with Gasteiger partial charge in [0.25, 0.3) is 0 Å². The lowest BCUT2D eigenvalue weighted by atomic mass is 10.2. The minimum atomic E-state index is 0.212. The maximum atomic E-state index is 6.42. The van der Waals surface area contributed by atoms with Crippen LogP contribution in [0, 0.1) is 0 Å². The molecule has 0 aliphatic rings. The number of methoxy groups -OCH3 is 2. The Hall–Kier alpha value is -3.24. The summed E-state index contributed by atoms with van der Waals surface area (Å²) in [6.45, 7) is 2.40. The van der Waals surface area contributed by atoms with E-state index < -0.39 is 0 Å². The van der Waals surface area contributed by atoms with E-state index in [2.05, 4.69) is 19.7 Å². The van der Waals surface area contributed by atoms with Crippen LogP contribution in [0.3, 0.4) is 0 Å². The number of ether oxygens (including phenoxy) is 3. The van der Waals surface area contributed by atoms with Crippen LogP contribution in [0.4, 0.5) is 5.82 Å². The molecule has 0 aliphatic carbocycles. The standard InChI is InChI=1S/C21H21ClN6O3S/c1-5-31-15-11-6-8-12(23-15)20-26-19-21(24-17(22)18(25-19)27-32-4)28(20)16-13(29-2)9-7-10-14(16)30-3/h6-11H,5H2,1-4H3,(H,25,27). The lowest BCUT2D eigenvalue weighted by Crippen LogP contribution is -2.06. The van der Waals surface area contributed by atoms with Gasteiger partial charge in [0.05, 0.1) is 20.8 Å². The van der Waals surface area contributed by atoms with Gasteiger partial charge in [-0.1, -0.05) is 35.7 Å². The molecular weight excluding hydrogens is 452 g/mol. The molecule has 0 bridgehead atoms. The van der Waals surface area contributed by atoms with Gasteiger partial charge in [0.2, 0.25) is 11.5 Å². The number of halogens is 1. The first kappa shape index (κ1) is 22.0. The molecule has 0 saturated heterocycles. The van der Waals surface area contributed by atoms with Gasteiger partial charge >= 0.3 is 0 Å². The molecule has 3 aromatic heterocycles. The minimum absolute atomic E-state index is 0.212. The number of benzene rings is 1. The van der Waals surface area contributed by atoms with Gasteiger partial charge < -0.3 is 18.9 Å². The summed E-state index contributed by atoms with van der Waals surface area (Å²) in [6, 6.07) is 11.0. The highest BCUT2D eigenvalue weighted by atomic mass is 35.5. The summed E-state index contributed by atoms with van der Waals surface area (Å²) in [5.41, 5.74) is 1.99. The predicted octanol–water partition coefficient (Wildman–Crippen LogP) is 4.64. The molecule has 0 amide bonds. The Balaban J connectivity index is 2.07. The number of imidazole rings is 1. The van der Waals surface area contributed by atoms with Crippen LogP contribution < -0.4 is 18.9 Å². The first-order valence-corrected chi connectivity index (χ1v) is 11.3. The number of nitrogens with one attached hydrogen (secondary N) is 1. The molecule has 0 atom stereocenters. The van der Waals surface area contributed by atoms with Crippen molar-refractivity contribution in [2.45, 2.75) is 6.92 Å². The van der Waals surface area contributed by atoms with E-state index in [0.717, 1.165) is 0 Å². The topological polar surface area (TPSA) is 96.2 Å². The van der Waals surface area contributed by atoms with Gasteiger partial charge in [0, 0.05) is 12.3 Å². The Bertz CT molecular complexity index is 1240. The van der Waals surface area contributed by atoms with Crippen molar-refractivity contribution in [1.29, 1.82) is 0 Å². The number of para-hydroxylation sites is 1. The van der Waals surface area contributed by atoms with Crippen LogP contribution in [-0.4, -0.2) is 51.6 Å². The lowest BCUT2D eigenvalue weighted by molar-refractivity contribution is 0.327. The zero-order valence-electron chi connectivity index (χ0n) is 17.9. The summed E-state index contributed by atoms with van der Waals surface area (Å²) < 4.78 is 21.7. The van der Waals surface area contributed by atoms with Gasteiger partial charge in [-0.3, -0.25) is 4.57 Å². The molecule has 4 rings (SSSR count). The van der Waals surface area contributed by atoms with E-state index in [9.17, 15) is 0 Å². The van der Waals surface area contributed by atoms with Crippen LogP contribution in [0.25, 0.3) is 28.5 Å². The third-order valence-electron chi connectivity index (χ3n) is 4.52. The summed E-state index contributed by atoms with van der Waals surface area (Å²) in [4.78, 5) is 18.5. The number of anilines is 1. The molecule has 32 heavy (non-hydrogen) atoms. The molecule has 0 unspecified atom stereocenters. The molecule has 9 nitrogen and oxygen atoms in total. The maximum absolute atomic E-state index is 6.42. The Labute approximate surface area is 194 Å². The van der Waals surface area contributed by atoms with Crippen molar-refractivity contribution < 1.29 is 14.2 Å². The van der Waals surface area contributed by atoms with Crippen molar-refractivity contribution in [3.05, 3.63) is 41.6 Å². The van der Waals surface area contributed by atoms with E-state index in [-0.39, 0.29) is 5.15 Å². The predicted molar refractivity (Wildman–Crippen MR) is 126 cm³/mol. The van der Waals surface area contributed by atoms with E-state index in [0.29, 0.717) is 58.3 Å². The van der Waals surface area contributed by atoms with Crippen molar-refractivity contribution in [2.24, 2.45) is 0 Å². The van der Waals surface area contributed by atoms with Gasteiger partial charge in [0.15, 0.2) is 22.4 Å². The summed E-state index contributed by atoms with van der Waals surface area (Å²) >= 11 is 7.78. The molecule has 0 fully saturated rings. The molecule has 3 heterocycles. The van der Waals surface area contributed by atoms with Gasteiger partial charge in [-0.15, -0.1) is 0 Å². The molecule has 1 aromatic carbocycles. The minimum Gasteiger partial charge on any atom is -0.494 e. The average molecular weight is 473 g/mol. The van der Waals surface area contributed by atoms with E-state index in [4.69, 9.17) is 30.8 Å². The molecule has 0 spiro atoms. The summed E-state index contributed by atoms with van der Waals surface area (Å²) in [6.07, 6.45) is 1.87.